The molecule has 0 aliphatic heterocycles. The van der Waals surface area contributed by atoms with Gasteiger partial charge >= 0.3 is 12.2 Å². The number of unbranched alkanes of at least 4 members (excludes halogenated alkanes) is 3. The van der Waals surface area contributed by atoms with E-state index in [9.17, 15) is 14.7 Å². The molecule has 0 atom stereocenters. The second-order valence-corrected chi connectivity index (χ2v) is 7.57. The molecule has 0 unspecified atom stereocenters. The van der Waals surface area contributed by atoms with Crippen LogP contribution in [0.5, 0.6) is 0 Å². The van der Waals surface area contributed by atoms with Gasteiger partial charge in [0.2, 0.25) is 0 Å². The Hall–Kier alpha value is -2.12. The lowest BCUT2D eigenvalue weighted by Crippen LogP contribution is -2.27. The summed E-state index contributed by atoms with van der Waals surface area (Å²) in [6.07, 6.45) is 12.5. The van der Waals surface area contributed by atoms with E-state index in [1.54, 1.807) is 0 Å². The predicted molar refractivity (Wildman–Crippen MR) is 109 cm³/mol. The minimum atomic E-state index is -0.984. The van der Waals surface area contributed by atoms with Gasteiger partial charge in [-0.15, -0.1) is 0 Å². The van der Waals surface area contributed by atoms with Crippen LogP contribution < -0.4 is 5.32 Å². The average molecular weight is 395 g/mol. The first-order chi connectivity index (χ1) is 13.6. The van der Waals surface area contributed by atoms with Gasteiger partial charge < -0.3 is 10.4 Å². The molecule has 0 aromatic carbocycles. The minimum absolute atomic E-state index is 0.422. The Labute approximate surface area is 167 Å². The van der Waals surface area contributed by atoms with Crippen LogP contribution in [0.25, 0.3) is 0 Å². The second-order valence-electron chi connectivity index (χ2n) is 7.57. The summed E-state index contributed by atoms with van der Waals surface area (Å²) in [5.74, 6) is 0. The number of hydrogen-bond donors (Lipinski definition) is 2. The molecular formula is C20H34N4O4. The van der Waals surface area contributed by atoms with Crippen molar-refractivity contribution in [2.45, 2.75) is 89.9 Å². The summed E-state index contributed by atoms with van der Waals surface area (Å²) < 4.78 is 0. The molecule has 2 saturated carbocycles. The highest BCUT2D eigenvalue weighted by Crippen LogP contribution is 2.16. The third-order valence-corrected chi connectivity index (χ3v) is 5.17. The fraction of sp³-hybridized carbons (Fsp3) is 0.800. The van der Waals surface area contributed by atoms with Gasteiger partial charge in [-0.25, -0.2) is 9.59 Å². The van der Waals surface area contributed by atoms with Crippen LogP contribution in [-0.2, 0) is 4.84 Å². The summed E-state index contributed by atoms with van der Waals surface area (Å²) in [6, 6.07) is 0. The Morgan fingerprint density at radius 3 is 2.14 bits per heavy atom. The number of carbonyl (C=O) groups is 2. The normalized spacial score (nSPS) is 17.0. The van der Waals surface area contributed by atoms with E-state index in [-0.39, 0.29) is 0 Å². The molecular weight excluding hydrogens is 360 g/mol. The Morgan fingerprint density at radius 2 is 1.50 bits per heavy atom. The SMILES string of the molecule is O=C(NCCCCCCN(N=C1CCCCC1)C(=O)O)ON=C1CCCCC1. The van der Waals surface area contributed by atoms with Crippen LogP contribution >= 0.6 is 0 Å². The largest absolute Gasteiger partial charge is 0.464 e. The Morgan fingerprint density at radius 1 is 0.893 bits per heavy atom. The van der Waals surface area contributed by atoms with Crippen molar-refractivity contribution >= 4 is 23.6 Å². The van der Waals surface area contributed by atoms with Crippen molar-refractivity contribution in [3.8, 4) is 0 Å². The van der Waals surface area contributed by atoms with E-state index in [1.807, 2.05) is 0 Å². The Balaban J connectivity index is 1.51. The standard InChI is InChI=1S/C20H34N4O4/c25-19(28-23-18-13-7-4-8-14-18)21-15-9-1-2-10-16-24(20(26)27)22-17-11-5-3-6-12-17/h1-16H2,(H,21,25)(H,26,27). The number of nitrogens with one attached hydrogen (secondary N) is 1. The first-order valence-corrected chi connectivity index (χ1v) is 10.7. The maximum atomic E-state index is 11.6. The van der Waals surface area contributed by atoms with Gasteiger partial charge in [-0.3, -0.25) is 4.84 Å². The molecule has 0 radical (unpaired) electrons. The van der Waals surface area contributed by atoms with Gasteiger partial charge in [0.15, 0.2) is 0 Å². The summed E-state index contributed by atoms with van der Waals surface area (Å²) in [5.41, 5.74) is 1.98. The van der Waals surface area contributed by atoms with Crippen LogP contribution in [0.3, 0.4) is 0 Å². The molecule has 2 aliphatic carbocycles. The van der Waals surface area contributed by atoms with Gasteiger partial charge in [0.25, 0.3) is 0 Å². The quantitative estimate of drug-likeness (QED) is 0.330. The number of carbonyl (C=O) groups excluding carboxylic acids is 1. The number of hydrazone groups is 1. The molecule has 0 saturated heterocycles. The zero-order valence-electron chi connectivity index (χ0n) is 16.8. The monoisotopic (exact) mass is 394 g/mol. The molecule has 2 amide bonds. The summed E-state index contributed by atoms with van der Waals surface area (Å²) in [7, 11) is 0. The first-order valence-electron chi connectivity index (χ1n) is 10.7. The fourth-order valence-electron chi connectivity index (χ4n) is 3.54. The maximum absolute atomic E-state index is 11.6. The summed E-state index contributed by atoms with van der Waals surface area (Å²) >= 11 is 0. The van der Waals surface area contributed by atoms with E-state index in [1.165, 1.54) is 17.9 Å². The smallest absolute Gasteiger partial charge is 0.433 e. The van der Waals surface area contributed by atoms with Crippen molar-refractivity contribution in [3.63, 3.8) is 0 Å². The van der Waals surface area contributed by atoms with Crippen molar-refractivity contribution in [1.29, 1.82) is 0 Å². The Bertz CT molecular complexity index is 546. The molecule has 0 aromatic heterocycles. The summed E-state index contributed by atoms with van der Waals surface area (Å²) in [6.45, 7) is 0.959. The molecule has 8 nitrogen and oxygen atoms in total. The van der Waals surface area contributed by atoms with Crippen molar-refractivity contribution < 1.29 is 19.5 Å². The van der Waals surface area contributed by atoms with E-state index in [4.69, 9.17) is 4.84 Å². The third kappa shape index (κ3) is 9.19. The summed E-state index contributed by atoms with van der Waals surface area (Å²) in [4.78, 5) is 27.8. The molecule has 2 rings (SSSR count). The number of hydrogen-bond acceptors (Lipinski definition) is 5. The van der Waals surface area contributed by atoms with Crippen LogP contribution in [0, 0.1) is 0 Å². The lowest BCUT2D eigenvalue weighted by atomic mass is 9.99. The molecule has 8 heteroatoms. The molecule has 0 spiro atoms. The van der Waals surface area contributed by atoms with E-state index >= 15 is 0 Å². The van der Waals surface area contributed by atoms with E-state index in [0.29, 0.717) is 13.1 Å². The van der Waals surface area contributed by atoms with Crippen molar-refractivity contribution in [2.24, 2.45) is 10.3 Å². The van der Waals surface area contributed by atoms with Gasteiger partial charge in [0.1, 0.15) is 0 Å². The summed E-state index contributed by atoms with van der Waals surface area (Å²) in [5, 5.41) is 21.4. The number of nitrogens with zero attached hydrogens (tertiary/aromatic N) is 3. The topological polar surface area (TPSA) is 104 Å². The zero-order valence-corrected chi connectivity index (χ0v) is 16.8. The van der Waals surface area contributed by atoms with Crippen LogP contribution in [-0.4, -0.2) is 46.8 Å². The van der Waals surface area contributed by atoms with Crippen LogP contribution in [0.4, 0.5) is 9.59 Å². The molecule has 0 bridgehead atoms. The van der Waals surface area contributed by atoms with Crippen molar-refractivity contribution in [1.82, 2.24) is 10.3 Å². The van der Waals surface area contributed by atoms with E-state index in [0.717, 1.165) is 88.5 Å². The number of rotatable bonds is 9. The van der Waals surface area contributed by atoms with Crippen LogP contribution in [0.15, 0.2) is 10.3 Å². The highest BCUT2D eigenvalue weighted by atomic mass is 16.7. The highest BCUT2D eigenvalue weighted by Gasteiger charge is 2.14. The number of amides is 2. The van der Waals surface area contributed by atoms with Crippen molar-refractivity contribution in [3.05, 3.63) is 0 Å². The maximum Gasteiger partial charge on any atom is 0.433 e. The molecule has 158 valence electrons. The molecule has 2 fully saturated rings. The number of oxime groups is 1. The molecule has 2 aliphatic rings. The van der Waals surface area contributed by atoms with E-state index in [2.05, 4.69) is 15.6 Å². The van der Waals surface area contributed by atoms with E-state index < -0.39 is 12.2 Å². The second kappa shape index (κ2) is 13.1. The molecule has 28 heavy (non-hydrogen) atoms. The van der Waals surface area contributed by atoms with Gasteiger partial charge in [-0.05, 0) is 64.2 Å². The van der Waals surface area contributed by atoms with Gasteiger partial charge in [0, 0.05) is 18.8 Å². The minimum Gasteiger partial charge on any atom is -0.464 e. The average Bonchev–Trinajstić information content (AvgIpc) is 2.72. The third-order valence-electron chi connectivity index (χ3n) is 5.17. The zero-order chi connectivity index (χ0) is 20.0. The molecule has 0 heterocycles. The van der Waals surface area contributed by atoms with Crippen LogP contribution in [0.1, 0.15) is 89.9 Å². The van der Waals surface area contributed by atoms with Crippen LogP contribution in [0.2, 0.25) is 0 Å². The molecule has 0 aromatic rings. The Kier molecular flexibility index (Phi) is 10.4. The first kappa shape index (κ1) is 22.2. The van der Waals surface area contributed by atoms with Gasteiger partial charge in [-0.1, -0.05) is 30.8 Å². The highest BCUT2D eigenvalue weighted by molar-refractivity contribution is 5.86. The fourth-order valence-corrected chi connectivity index (χ4v) is 3.54. The predicted octanol–water partition coefficient (Wildman–Crippen LogP) is 4.89. The number of carboxylic acid groups (broad SMARTS) is 1. The molecule has 2 N–H and O–H groups in total. The van der Waals surface area contributed by atoms with Gasteiger partial charge in [-0.2, -0.15) is 10.1 Å². The van der Waals surface area contributed by atoms with Gasteiger partial charge in [0.05, 0.1) is 5.71 Å². The lowest BCUT2D eigenvalue weighted by molar-refractivity contribution is 0.145. The lowest BCUT2D eigenvalue weighted by Gasteiger charge is -2.18. The van der Waals surface area contributed by atoms with Crippen molar-refractivity contribution in [2.75, 3.05) is 13.1 Å².